The molecule has 0 atom stereocenters. The van der Waals surface area contributed by atoms with Crippen LogP contribution in [0.5, 0.6) is 5.75 Å². The van der Waals surface area contributed by atoms with Crippen molar-refractivity contribution in [3.8, 4) is 5.75 Å². The summed E-state index contributed by atoms with van der Waals surface area (Å²) in [5.74, 6) is 1.12. The highest BCUT2D eigenvalue weighted by Gasteiger charge is 2.30. The van der Waals surface area contributed by atoms with Crippen LogP contribution in [0.2, 0.25) is 0 Å². The first-order chi connectivity index (χ1) is 14.3. The Morgan fingerprint density at radius 1 is 1.03 bits per heavy atom. The van der Waals surface area contributed by atoms with E-state index in [0.29, 0.717) is 18.0 Å². The second kappa shape index (κ2) is 9.98. The molecule has 0 unspecified atom stereocenters. The first kappa shape index (κ1) is 22.2. The molecule has 1 heterocycles. The molecule has 1 N–H and O–H groups in total. The molecular formula is C23H27F3N2O2. The molecule has 1 aliphatic rings. The summed E-state index contributed by atoms with van der Waals surface area (Å²) in [5, 5.41) is 2.93. The van der Waals surface area contributed by atoms with E-state index in [9.17, 15) is 18.0 Å². The molecule has 1 saturated heterocycles. The van der Waals surface area contributed by atoms with Gasteiger partial charge >= 0.3 is 6.18 Å². The lowest BCUT2D eigenvalue weighted by atomic mass is 9.96. The molecule has 0 radical (unpaired) electrons. The van der Waals surface area contributed by atoms with Gasteiger partial charge in [-0.2, -0.15) is 13.2 Å². The highest BCUT2D eigenvalue weighted by molar-refractivity contribution is 5.78. The monoisotopic (exact) mass is 420 g/mol. The fourth-order valence-corrected chi connectivity index (χ4v) is 3.66. The largest absolute Gasteiger partial charge is 0.497 e. The van der Waals surface area contributed by atoms with Crippen LogP contribution in [-0.2, 0) is 23.9 Å². The molecule has 162 valence electrons. The number of rotatable bonds is 7. The molecule has 2 aromatic carbocycles. The molecule has 1 fully saturated rings. The number of nitrogens with one attached hydrogen (secondary N) is 1. The fourth-order valence-electron chi connectivity index (χ4n) is 3.66. The molecule has 3 rings (SSSR count). The van der Waals surface area contributed by atoms with Crippen molar-refractivity contribution in [2.45, 2.75) is 32.0 Å². The molecule has 0 spiro atoms. The minimum absolute atomic E-state index is 0.0917. The molecule has 7 heteroatoms. The summed E-state index contributed by atoms with van der Waals surface area (Å²) in [5.41, 5.74) is 1.13. The van der Waals surface area contributed by atoms with Gasteiger partial charge in [-0.1, -0.05) is 24.3 Å². The molecule has 0 aliphatic carbocycles. The number of halogens is 3. The van der Waals surface area contributed by atoms with Gasteiger partial charge in [-0.3, -0.25) is 9.69 Å². The number of methoxy groups -OCH3 is 1. The maximum atomic E-state index is 12.6. The number of carbonyl (C=O) groups is 1. The Morgan fingerprint density at radius 3 is 2.20 bits per heavy atom. The summed E-state index contributed by atoms with van der Waals surface area (Å²) in [6, 6.07) is 12.8. The number of hydrogen-bond acceptors (Lipinski definition) is 3. The van der Waals surface area contributed by atoms with Crippen LogP contribution >= 0.6 is 0 Å². The number of benzene rings is 2. The summed E-state index contributed by atoms with van der Waals surface area (Å²) < 4.78 is 43.0. The average molecular weight is 420 g/mol. The van der Waals surface area contributed by atoms with Crippen LogP contribution < -0.4 is 10.1 Å². The lowest BCUT2D eigenvalue weighted by molar-refractivity contribution is -0.137. The Hall–Kier alpha value is -2.54. The summed E-state index contributed by atoms with van der Waals surface area (Å²) >= 11 is 0. The molecule has 0 bridgehead atoms. The molecule has 0 aromatic heterocycles. The highest BCUT2D eigenvalue weighted by Crippen LogP contribution is 2.29. The van der Waals surface area contributed by atoms with Gasteiger partial charge in [0.2, 0.25) is 5.91 Å². The average Bonchev–Trinajstić information content (AvgIpc) is 2.73. The van der Waals surface area contributed by atoms with E-state index in [4.69, 9.17) is 4.74 Å². The third-order valence-corrected chi connectivity index (χ3v) is 5.51. The van der Waals surface area contributed by atoms with E-state index in [2.05, 4.69) is 22.3 Å². The number of piperidine rings is 1. The van der Waals surface area contributed by atoms with Crippen molar-refractivity contribution in [3.05, 3.63) is 65.2 Å². The maximum Gasteiger partial charge on any atom is 0.416 e. The van der Waals surface area contributed by atoms with Crippen molar-refractivity contribution in [1.82, 2.24) is 10.2 Å². The quantitative estimate of drug-likeness (QED) is 0.727. The Labute approximate surface area is 175 Å². The van der Waals surface area contributed by atoms with Crippen LogP contribution in [0.1, 0.15) is 29.5 Å². The maximum absolute atomic E-state index is 12.6. The predicted octanol–water partition coefficient (Wildman–Crippen LogP) is 4.28. The molecule has 1 aliphatic heterocycles. The number of carbonyl (C=O) groups excluding carboxylic acids is 1. The zero-order valence-corrected chi connectivity index (χ0v) is 17.0. The van der Waals surface area contributed by atoms with E-state index in [-0.39, 0.29) is 12.3 Å². The highest BCUT2D eigenvalue weighted by atomic mass is 19.4. The van der Waals surface area contributed by atoms with Gasteiger partial charge in [0.1, 0.15) is 5.75 Å². The summed E-state index contributed by atoms with van der Waals surface area (Å²) in [6.07, 6.45) is -2.25. The van der Waals surface area contributed by atoms with Crippen molar-refractivity contribution < 1.29 is 22.7 Å². The number of hydrogen-bond donors (Lipinski definition) is 1. The first-order valence-corrected chi connectivity index (χ1v) is 10.1. The van der Waals surface area contributed by atoms with Gasteiger partial charge in [0.15, 0.2) is 0 Å². The van der Waals surface area contributed by atoms with Crippen molar-refractivity contribution in [2.75, 3.05) is 26.7 Å². The van der Waals surface area contributed by atoms with Gasteiger partial charge < -0.3 is 10.1 Å². The van der Waals surface area contributed by atoms with Crippen molar-refractivity contribution in [3.63, 3.8) is 0 Å². The zero-order chi connectivity index (χ0) is 21.6. The van der Waals surface area contributed by atoms with Gasteiger partial charge in [-0.05, 0) is 67.2 Å². The molecule has 4 nitrogen and oxygen atoms in total. The number of ether oxygens (including phenoxy) is 1. The first-order valence-electron chi connectivity index (χ1n) is 10.1. The van der Waals surface area contributed by atoms with Gasteiger partial charge in [-0.15, -0.1) is 0 Å². The second-order valence-electron chi connectivity index (χ2n) is 7.74. The van der Waals surface area contributed by atoms with E-state index < -0.39 is 11.7 Å². The smallest absolute Gasteiger partial charge is 0.416 e. The minimum atomic E-state index is -4.36. The van der Waals surface area contributed by atoms with Gasteiger partial charge in [0.25, 0.3) is 0 Å². The molecule has 1 amide bonds. The number of likely N-dealkylation sites (tertiary alicyclic amines) is 1. The van der Waals surface area contributed by atoms with Gasteiger partial charge in [0, 0.05) is 13.1 Å². The van der Waals surface area contributed by atoms with Gasteiger partial charge in [-0.25, -0.2) is 0 Å². The molecular weight excluding hydrogens is 393 g/mol. The Bertz CT molecular complexity index is 812. The van der Waals surface area contributed by atoms with Gasteiger partial charge in [0.05, 0.1) is 19.1 Å². The molecule has 2 aromatic rings. The van der Waals surface area contributed by atoms with Crippen molar-refractivity contribution in [2.24, 2.45) is 5.92 Å². The molecule has 30 heavy (non-hydrogen) atoms. The lowest BCUT2D eigenvalue weighted by Gasteiger charge is -2.32. The predicted molar refractivity (Wildman–Crippen MR) is 109 cm³/mol. The topological polar surface area (TPSA) is 41.6 Å². The summed E-state index contributed by atoms with van der Waals surface area (Å²) in [7, 11) is 1.65. The van der Waals surface area contributed by atoms with Crippen LogP contribution in [0.3, 0.4) is 0 Å². The Morgan fingerprint density at radius 2 is 1.63 bits per heavy atom. The van der Waals surface area contributed by atoms with E-state index in [1.165, 1.54) is 17.7 Å². The zero-order valence-electron chi connectivity index (χ0n) is 17.0. The third kappa shape index (κ3) is 6.49. The van der Waals surface area contributed by atoms with Crippen LogP contribution in [-0.4, -0.2) is 37.6 Å². The Kier molecular flexibility index (Phi) is 7.37. The van der Waals surface area contributed by atoms with Crippen LogP contribution in [0.25, 0.3) is 0 Å². The third-order valence-electron chi connectivity index (χ3n) is 5.51. The summed E-state index contributed by atoms with van der Waals surface area (Å²) in [4.78, 5) is 14.5. The van der Waals surface area contributed by atoms with E-state index in [1.54, 1.807) is 7.11 Å². The SMILES string of the molecule is COc1ccc(CN2CCC(CNC(=O)Cc3ccc(C(F)(F)F)cc3)CC2)cc1. The second-order valence-corrected chi connectivity index (χ2v) is 7.74. The normalized spacial score (nSPS) is 15.7. The Balaban J connectivity index is 1.37. The minimum Gasteiger partial charge on any atom is -0.497 e. The number of alkyl halides is 3. The lowest BCUT2D eigenvalue weighted by Crippen LogP contribution is -2.38. The van der Waals surface area contributed by atoms with Crippen molar-refractivity contribution >= 4 is 5.91 Å². The number of amides is 1. The van der Waals surface area contributed by atoms with E-state index in [0.717, 1.165) is 50.4 Å². The summed E-state index contributed by atoms with van der Waals surface area (Å²) in [6.45, 7) is 3.46. The fraction of sp³-hybridized carbons (Fsp3) is 0.435. The van der Waals surface area contributed by atoms with Crippen LogP contribution in [0.15, 0.2) is 48.5 Å². The standard InChI is InChI=1S/C23H27F3N2O2/c1-30-21-8-4-19(5-9-21)16-28-12-10-18(11-13-28)15-27-22(29)14-17-2-6-20(7-3-17)23(24,25)26/h2-9,18H,10-16H2,1H3,(H,27,29). The number of nitrogens with zero attached hydrogens (tertiary/aromatic N) is 1. The van der Waals surface area contributed by atoms with E-state index in [1.807, 2.05) is 12.1 Å². The van der Waals surface area contributed by atoms with E-state index >= 15 is 0 Å². The van der Waals surface area contributed by atoms with Crippen LogP contribution in [0, 0.1) is 5.92 Å². The molecule has 0 saturated carbocycles. The van der Waals surface area contributed by atoms with Crippen molar-refractivity contribution in [1.29, 1.82) is 0 Å². The van der Waals surface area contributed by atoms with Crippen LogP contribution in [0.4, 0.5) is 13.2 Å².